The first-order valence-electron chi connectivity index (χ1n) is 9.01. The molecule has 10 nitrogen and oxygen atoms in total. The van der Waals surface area contributed by atoms with Crippen LogP contribution < -0.4 is 10.2 Å². The molecule has 1 unspecified atom stereocenters. The van der Waals surface area contributed by atoms with E-state index in [-0.39, 0.29) is 22.3 Å². The van der Waals surface area contributed by atoms with Crippen molar-refractivity contribution < 1.29 is 22.6 Å². The molecule has 1 aromatic carbocycles. The molecule has 0 bridgehead atoms. The molecule has 3 aromatic rings. The van der Waals surface area contributed by atoms with Crippen LogP contribution in [-0.4, -0.2) is 36.6 Å². The Labute approximate surface area is 173 Å². The Kier molecular flexibility index (Phi) is 6.55. The molecule has 0 spiro atoms. The molecule has 0 radical (unpaired) electrons. The van der Waals surface area contributed by atoms with Gasteiger partial charge >= 0.3 is 0 Å². The van der Waals surface area contributed by atoms with Crippen molar-refractivity contribution in [2.24, 2.45) is 5.92 Å². The fourth-order valence-electron chi connectivity index (χ4n) is 2.66. The zero-order valence-corrected chi connectivity index (χ0v) is 17.4. The summed E-state index contributed by atoms with van der Waals surface area (Å²) in [4.78, 5) is 27.4. The van der Waals surface area contributed by atoms with Crippen LogP contribution in [0.25, 0.3) is 11.4 Å². The number of amides is 1. The van der Waals surface area contributed by atoms with E-state index in [4.69, 9.17) is 4.52 Å². The van der Waals surface area contributed by atoms with Gasteiger partial charge in [-0.25, -0.2) is 8.42 Å². The Bertz CT molecular complexity index is 1100. The molecular formula is C19H21N5O5S. The molecule has 1 amide bonds. The molecule has 0 aliphatic rings. The zero-order chi connectivity index (χ0) is 21.7. The second-order valence-corrected chi connectivity index (χ2v) is 8.35. The minimum atomic E-state index is -3.80. The third kappa shape index (κ3) is 4.87. The first kappa shape index (κ1) is 21.6. The van der Waals surface area contributed by atoms with E-state index in [0.29, 0.717) is 5.82 Å². The highest BCUT2D eigenvalue weighted by Gasteiger charge is 2.25. The van der Waals surface area contributed by atoms with Crippen molar-refractivity contribution in [2.75, 3.05) is 7.11 Å². The van der Waals surface area contributed by atoms with Crippen LogP contribution in [0.4, 0.5) is 0 Å². The van der Waals surface area contributed by atoms with Crippen molar-refractivity contribution >= 4 is 15.9 Å². The Morgan fingerprint density at radius 2 is 1.77 bits per heavy atom. The quantitative estimate of drug-likeness (QED) is 0.518. The van der Waals surface area contributed by atoms with Crippen molar-refractivity contribution in [3.05, 3.63) is 60.2 Å². The summed E-state index contributed by atoms with van der Waals surface area (Å²) in [5.74, 6) is 0.229. The van der Waals surface area contributed by atoms with Gasteiger partial charge in [0.15, 0.2) is 0 Å². The number of carbonyl (C=O) groups is 1. The Morgan fingerprint density at radius 3 is 2.37 bits per heavy atom. The molecule has 2 heterocycles. The number of benzene rings is 1. The summed E-state index contributed by atoms with van der Waals surface area (Å²) in [5.41, 5.74) is 1.03. The monoisotopic (exact) mass is 431 g/mol. The lowest BCUT2D eigenvalue weighted by Gasteiger charge is -2.18. The van der Waals surface area contributed by atoms with E-state index in [1.165, 1.54) is 31.4 Å². The van der Waals surface area contributed by atoms with Crippen molar-refractivity contribution in [3.63, 3.8) is 0 Å². The van der Waals surface area contributed by atoms with Crippen LogP contribution in [0.5, 0.6) is 0 Å². The van der Waals surface area contributed by atoms with Gasteiger partial charge in [-0.3, -0.25) is 14.6 Å². The van der Waals surface area contributed by atoms with Crippen LogP contribution in [0.1, 0.15) is 36.1 Å². The van der Waals surface area contributed by atoms with E-state index >= 15 is 0 Å². The van der Waals surface area contributed by atoms with Crippen LogP contribution in [0.2, 0.25) is 0 Å². The second-order valence-electron chi connectivity index (χ2n) is 6.70. The number of carbonyl (C=O) groups excluding carboxylic acids is 1. The van der Waals surface area contributed by atoms with Gasteiger partial charge in [0.1, 0.15) is 6.04 Å². The van der Waals surface area contributed by atoms with Crippen molar-refractivity contribution in [2.45, 2.75) is 24.8 Å². The lowest BCUT2D eigenvalue weighted by Crippen LogP contribution is -2.32. The maximum absolute atomic E-state index is 12.7. The van der Waals surface area contributed by atoms with Crippen molar-refractivity contribution in [1.29, 1.82) is 0 Å². The van der Waals surface area contributed by atoms with Gasteiger partial charge in [0.2, 0.25) is 11.7 Å². The average molecular weight is 431 g/mol. The fourth-order valence-corrected chi connectivity index (χ4v) is 3.47. The molecule has 0 fully saturated rings. The number of pyridine rings is 1. The zero-order valence-electron chi connectivity index (χ0n) is 16.6. The highest BCUT2D eigenvalue weighted by molar-refractivity contribution is 7.89. The van der Waals surface area contributed by atoms with Gasteiger partial charge < -0.3 is 9.84 Å². The molecule has 0 saturated heterocycles. The van der Waals surface area contributed by atoms with Crippen LogP contribution in [0.15, 0.2) is 58.2 Å². The molecule has 0 aliphatic heterocycles. The molecule has 0 aliphatic carbocycles. The standard InChI is InChI=1S/C19H21N5O5S/c1-12(2)16(19-22-17(23-29-19)13-8-10-20-11-9-13)21-18(25)14-4-6-15(7-5-14)30(26,27)24-28-3/h4-12,16,24H,1-3H3,(H,21,25). The molecular weight excluding hydrogens is 410 g/mol. The van der Waals surface area contributed by atoms with Gasteiger partial charge in [-0.1, -0.05) is 23.9 Å². The average Bonchev–Trinajstić information content (AvgIpc) is 3.22. The van der Waals surface area contributed by atoms with Crippen molar-refractivity contribution in [1.82, 2.24) is 25.3 Å². The fraction of sp³-hybridized carbons (Fsp3) is 0.263. The minimum Gasteiger partial charge on any atom is -0.340 e. The second kappa shape index (κ2) is 9.11. The van der Waals surface area contributed by atoms with E-state index < -0.39 is 22.0 Å². The van der Waals surface area contributed by atoms with Crippen LogP contribution in [-0.2, 0) is 14.9 Å². The minimum absolute atomic E-state index is 0.0276. The van der Waals surface area contributed by atoms with Crippen LogP contribution in [0, 0.1) is 5.92 Å². The SMILES string of the molecule is CONS(=O)(=O)c1ccc(C(=O)NC(c2nc(-c3ccncc3)no2)C(C)C)cc1. The lowest BCUT2D eigenvalue weighted by molar-refractivity contribution is 0.0914. The summed E-state index contributed by atoms with van der Waals surface area (Å²) in [6.45, 7) is 3.82. The van der Waals surface area contributed by atoms with E-state index in [1.54, 1.807) is 24.5 Å². The van der Waals surface area contributed by atoms with Gasteiger partial charge in [0.25, 0.3) is 15.9 Å². The smallest absolute Gasteiger partial charge is 0.262 e. The van der Waals surface area contributed by atoms with Gasteiger partial charge in [-0.2, -0.15) is 4.98 Å². The number of aromatic nitrogens is 3. The van der Waals surface area contributed by atoms with Crippen LogP contribution in [0.3, 0.4) is 0 Å². The van der Waals surface area contributed by atoms with Gasteiger partial charge in [-0.05, 0) is 42.3 Å². The number of nitrogens with one attached hydrogen (secondary N) is 2. The summed E-state index contributed by atoms with van der Waals surface area (Å²) < 4.78 is 29.2. The normalized spacial score (nSPS) is 12.7. The van der Waals surface area contributed by atoms with Gasteiger partial charge in [-0.15, -0.1) is 0 Å². The molecule has 2 N–H and O–H groups in total. The molecule has 3 rings (SSSR count). The van der Waals surface area contributed by atoms with E-state index in [1.807, 2.05) is 18.7 Å². The summed E-state index contributed by atoms with van der Waals surface area (Å²) in [6, 6.07) is 8.43. The number of hydrogen-bond acceptors (Lipinski definition) is 8. The summed E-state index contributed by atoms with van der Waals surface area (Å²) >= 11 is 0. The van der Waals surface area contributed by atoms with Gasteiger partial charge in [0.05, 0.1) is 12.0 Å². The topological polar surface area (TPSA) is 136 Å². The number of hydrogen-bond donors (Lipinski definition) is 2. The van der Waals surface area contributed by atoms with E-state index in [0.717, 1.165) is 5.56 Å². The largest absolute Gasteiger partial charge is 0.340 e. The first-order chi connectivity index (χ1) is 14.3. The van der Waals surface area contributed by atoms with Crippen molar-refractivity contribution in [3.8, 4) is 11.4 Å². The van der Waals surface area contributed by atoms with E-state index in [2.05, 4.69) is 25.3 Å². The molecule has 2 aromatic heterocycles. The Balaban J connectivity index is 1.77. The molecule has 0 saturated carbocycles. The number of nitrogens with zero attached hydrogens (tertiary/aromatic N) is 3. The third-order valence-corrected chi connectivity index (χ3v) is 5.50. The molecule has 158 valence electrons. The number of sulfonamides is 1. The highest BCUT2D eigenvalue weighted by Crippen LogP contribution is 2.24. The maximum Gasteiger partial charge on any atom is 0.262 e. The summed E-state index contributed by atoms with van der Waals surface area (Å²) in [5, 5.41) is 6.84. The van der Waals surface area contributed by atoms with Gasteiger partial charge in [0, 0.05) is 23.5 Å². The Morgan fingerprint density at radius 1 is 1.10 bits per heavy atom. The summed E-state index contributed by atoms with van der Waals surface area (Å²) in [7, 11) is -2.60. The molecule has 30 heavy (non-hydrogen) atoms. The lowest BCUT2D eigenvalue weighted by atomic mass is 10.0. The molecule has 1 atom stereocenters. The van der Waals surface area contributed by atoms with E-state index in [9.17, 15) is 13.2 Å². The predicted octanol–water partition coefficient (Wildman–Crippen LogP) is 2.10. The molecule has 11 heteroatoms. The summed E-state index contributed by atoms with van der Waals surface area (Å²) in [6.07, 6.45) is 3.25. The number of rotatable bonds is 8. The highest BCUT2D eigenvalue weighted by atomic mass is 32.2. The first-order valence-corrected chi connectivity index (χ1v) is 10.5. The maximum atomic E-state index is 12.7. The third-order valence-electron chi connectivity index (χ3n) is 4.22. The predicted molar refractivity (Wildman–Crippen MR) is 106 cm³/mol. The van der Waals surface area contributed by atoms with Crippen LogP contribution >= 0.6 is 0 Å². The Hall–Kier alpha value is -3.15.